The van der Waals surface area contributed by atoms with Crippen LogP contribution in [0.1, 0.15) is 56.4 Å². The highest BCUT2D eigenvalue weighted by Crippen LogP contribution is 2.40. The van der Waals surface area contributed by atoms with Crippen LogP contribution in [0.25, 0.3) is 11.3 Å². The first-order valence-electron chi connectivity index (χ1n) is 11.3. The number of rotatable bonds is 7. The molecule has 1 fully saturated rings. The van der Waals surface area contributed by atoms with E-state index in [-0.39, 0.29) is 17.6 Å². The van der Waals surface area contributed by atoms with Gasteiger partial charge in [0.2, 0.25) is 5.06 Å². The number of halogens is 1. The molecule has 9 heteroatoms. The molecule has 1 aliphatic carbocycles. The summed E-state index contributed by atoms with van der Waals surface area (Å²) in [5.74, 6) is -1.22. The van der Waals surface area contributed by atoms with Gasteiger partial charge in [-0.1, -0.05) is 23.8 Å². The summed E-state index contributed by atoms with van der Waals surface area (Å²) in [7, 11) is 0. The van der Waals surface area contributed by atoms with Gasteiger partial charge in [-0.05, 0) is 75.9 Å². The number of carbonyl (C=O) groups is 2. The molecule has 0 radical (unpaired) electrons. The average molecular weight is 483 g/mol. The van der Waals surface area contributed by atoms with E-state index in [1.54, 1.807) is 44.2 Å². The summed E-state index contributed by atoms with van der Waals surface area (Å²) in [6.07, 6.45) is 6.97. The minimum Gasteiger partial charge on any atom is -0.479 e. The van der Waals surface area contributed by atoms with Crippen LogP contribution in [0.15, 0.2) is 48.7 Å². The number of nitrogens with one attached hydrogen (secondary N) is 2. The lowest BCUT2D eigenvalue weighted by Crippen LogP contribution is -2.52. The van der Waals surface area contributed by atoms with Crippen molar-refractivity contribution in [2.75, 3.05) is 5.32 Å². The van der Waals surface area contributed by atoms with Gasteiger partial charge in [0.15, 0.2) is 5.13 Å². The van der Waals surface area contributed by atoms with E-state index < -0.39 is 17.4 Å². The van der Waals surface area contributed by atoms with Crippen molar-refractivity contribution in [1.29, 1.82) is 0 Å². The minimum absolute atomic E-state index is 0.0889. The van der Waals surface area contributed by atoms with Crippen molar-refractivity contribution < 1.29 is 18.7 Å². The Morgan fingerprint density at radius 1 is 1.09 bits per heavy atom. The van der Waals surface area contributed by atoms with Gasteiger partial charge in [0.1, 0.15) is 22.7 Å². The van der Waals surface area contributed by atoms with Crippen LogP contribution in [0.5, 0.6) is 5.06 Å². The van der Waals surface area contributed by atoms with E-state index in [0.29, 0.717) is 21.5 Å². The number of hydrogen-bond donors (Lipinski definition) is 2. The van der Waals surface area contributed by atoms with E-state index in [0.717, 1.165) is 25.7 Å². The van der Waals surface area contributed by atoms with Crippen molar-refractivity contribution in [3.05, 3.63) is 60.2 Å². The fourth-order valence-corrected chi connectivity index (χ4v) is 4.62. The maximum Gasteiger partial charge on any atom is 0.270 e. The summed E-state index contributed by atoms with van der Waals surface area (Å²) in [6, 6.07) is 11.0. The monoisotopic (exact) mass is 482 g/mol. The smallest absolute Gasteiger partial charge is 0.270 e. The number of pyridine rings is 1. The fourth-order valence-electron chi connectivity index (χ4n) is 3.72. The van der Waals surface area contributed by atoms with Crippen LogP contribution in [0.2, 0.25) is 0 Å². The summed E-state index contributed by atoms with van der Waals surface area (Å²) in [5, 5.41) is 6.44. The first-order chi connectivity index (χ1) is 16.3. The number of carbonyl (C=O) groups excluding carboxylic acids is 2. The highest BCUT2D eigenvalue weighted by atomic mass is 32.1. The summed E-state index contributed by atoms with van der Waals surface area (Å²) in [6.45, 7) is 3.22. The van der Waals surface area contributed by atoms with Crippen molar-refractivity contribution in [3.63, 3.8) is 0 Å². The second kappa shape index (κ2) is 10.3. The molecule has 2 heterocycles. The molecule has 2 amide bonds. The highest BCUT2D eigenvalue weighted by Gasteiger charge is 2.31. The molecule has 7 nitrogen and oxygen atoms in total. The van der Waals surface area contributed by atoms with Gasteiger partial charge in [-0.3, -0.25) is 19.9 Å². The molecule has 1 aliphatic rings. The Hall–Kier alpha value is -3.33. The minimum atomic E-state index is -1.22. The van der Waals surface area contributed by atoms with Crippen LogP contribution in [0.3, 0.4) is 0 Å². The van der Waals surface area contributed by atoms with Crippen LogP contribution < -0.4 is 15.4 Å². The zero-order chi connectivity index (χ0) is 24.1. The van der Waals surface area contributed by atoms with E-state index in [1.807, 2.05) is 0 Å². The van der Waals surface area contributed by atoms with Crippen molar-refractivity contribution >= 4 is 28.3 Å². The van der Waals surface area contributed by atoms with Gasteiger partial charge < -0.3 is 10.1 Å². The molecule has 3 aromatic rings. The molecular formula is C25H27FN4O3S. The molecule has 178 valence electrons. The van der Waals surface area contributed by atoms with Crippen LogP contribution in [-0.2, 0) is 4.79 Å². The van der Waals surface area contributed by atoms with Gasteiger partial charge in [-0.25, -0.2) is 9.37 Å². The number of anilines is 1. The van der Waals surface area contributed by atoms with Crippen molar-refractivity contribution in [2.24, 2.45) is 0 Å². The Morgan fingerprint density at radius 3 is 2.50 bits per heavy atom. The van der Waals surface area contributed by atoms with E-state index >= 15 is 0 Å². The van der Waals surface area contributed by atoms with Gasteiger partial charge >= 0.3 is 0 Å². The lowest BCUT2D eigenvalue weighted by atomic mass is 9.98. The van der Waals surface area contributed by atoms with Crippen LogP contribution in [0.4, 0.5) is 9.52 Å². The number of hydrogen-bond acceptors (Lipinski definition) is 6. The van der Waals surface area contributed by atoms with Crippen molar-refractivity contribution in [3.8, 4) is 16.3 Å². The van der Waals surface area contributed by atoms with Gasteiger partial charge in [0.05, 0.1) is 6.10 Å². The third-order valence-corrected chi connectivity index (χ3v) is 6.51. The Morgan fingerprint density at radius 2 is 1.82 bits per heavy atom. The van der Waals surface area contributed by atoms with Gasteiger partial charge in [-0.15, -0.1) is 0 Å². The SMILES string of the molecule is CC(C)(NC(=O)c1ccccn1)C(=O)Nc1nc(-c2ccc(F)cc2)c(OC2CCCCC2)s1. The van der Waals surface area contributed by atoms with Crippen LogP contribution >= 0.6 is 11.3 Å². The first kappa shape index (κ1) is 23.8. The lowest BCUT2D eigenvalue weighted by molar-refractivity contribution is -0.120. The van der Waals surface area contributed by atoms with Crippen molar-refractivity contribution in [2.45, 2.75) is 57.6 Å². The normalized spacial score (nSPS) is 14.4. The molecule has 2 aromatic heterocycles. The summed E-state index contributed by atoms with van der Waals surface area (Å²) in [4.78, 5) is 34.1. The van der Waals surface area contributed by atoms with Crippen molar-refractivity contribution in [1.82, 2.24) is 15.3 Å². The van der Waals surface area contributed by atoms with Gasteiger partial charge in [-0.2, -0.15) is 0 Å². The molecule has 34 heavy (non-hydrogen) atoms. The zero-order valence-electron chi connectivity index (χ0n) is 19.1. The molecule has 0 saturated heterocycles. The molecule has 0 atom stereocenters. The van der Waals surface area contributed by atoms with Crippen LogP contribution in [0, 0.1) is 5.82 Å². The molecule has 2 N–H and O–H groups in total. The van der Waals surface area contributed by atoms with E-state index in [9.17, 15) is 14.0 Å². The molecule has 4 rings (SSSR count). The van der Waals surface area contributed by atoms with Gasteiger partial charge in [0.25, 0.3) is 11.8 Å². The Labute approximate surface area is 201 Å². The zero-order valence-corrected chi connectivity index (χ0v) is 20.0. The summed E-state index contributed by atoms with van der Waals surface area (Å²) < 4.78 is 19.7. The second-order valence-electron chi connectivity index (χ2n) is 8.79. The van der Waals surface area contributed by atoms with E-state index in [2.05, 4.69) is 20.6 Å². The third kappa shape index (κ3) is 5.77. The number of ether oxygens (including phenoxy) is 1. The maximum atomic E-state index is 13.5. The second-order valence-corrected chi connectivity index (χ2v) is 9.75. The molecule has 0 spiro atoms. The van der Waals surface area contributed by atoms with E-state index in [4.69, 9.17) is 4.74 Å². The third-order valence-electron chi connectivity index (χ3n) is 5.65. The molecule has 0 unspecified atom stereocenters. The number of amides is 2. The summed E-state index contributed by atoms with van der Waals surface area (Å²) in [5.41, 5.74) is 0.257. The van der Waals surface area contributed by atoms with Gasteiger partial charge in [0, 0.05) is 11.8 Å². The molecule has 0 aliphatic heterocycles. The number of aromatic nitrogens is 2. The maximum absolute atomic E-state index is 13.5. The number of nitrogens with zero attached hydrogens (tertiary/aromatic N) is 2. The number of benzene rings is 1. The quantitative estimate of drug-likeness (QED) is 0.483. The predicted molar refractivity (Wildman–Crippen MR) is 129 cm³/mol. The molecular weight excluding hydrogens is 455 g/mol. The first-order valence-corrected chi connectivity index (χ1v) is 12.1. The number of thiazole rings is 1. The largest absolute Gasteiger partial charge is 0.479 e. The topological polar surface area (TPSA) is 93.2 Å². The molecule has 0 bridgehead atoms. The molecule has 1 aromatic carbocycles. The van der Waals surface area contributed by atoms with E-state index in [1.165, 1.54) is 36.1 Å². The summed E-state index contributed by atoms with van der Waals surface area (Å²) >= 11 is 1.23. The lowest BCUT2D eigenvalue weighted by Gasteiger charge is -2.24. The Bertz CT molecular complexity index is 1140. The standard InChI is InChI=1S/C25H27FN4O3S/c1-25(2,30-21(31)19-10-6-7-15-27-19)23(32)29-24-28-20(16-11-13-17(26)14-12-16)22(34-24)33-18-8-4-3-5-9-18/h6-7,10-15,18H,3-5,8-9H2,1-2H3,(H,30,31)(H,28,29,32). The Kier molecular flexibility index (Phi) is 7.21. The fraction of sp³-hybridized carbons (Fsp3) is 0.360. The predicted octanol–water partition coefficient (Wildman–Crippen LogP) is 5.20. The Balaban J connectivity index is 1.53. The van der Waals surface area contributed by atoms with Crippen LogP contribution in [-0.4, -0.2) is 33.4 Å². The average Bonchev–Trinajstić information content (AvgIpc) is 3.22. The molecule has 1 saturated carbocycles. The highest BCUT2D eigenvalue weighted by molar-refractivity contribution is 7.18.